The van der Waals surface area contributed by atoms with Gasteiger partial charge in [-0.1, -0.05) is 148 Å². The minimum atomic E-state index is -0.606. The lowest BCUT2D eigenvalue weighted by atomic mass is 10.0. The molecule has 0 aromatic carbocycles. The van der Waals surface area contributed by atoms with E-state index in [9.17, 15) is 9.59 Å². The molecule has 0 amide bonds. The number of carbonyl (C=O) groups excluding carboxylic acids is 2. The number of esters is 1. The summed E-state index contributed by atoms with van der Waals surface area (Å²) in [5, 5.41) is 0. The Hall–Kier alpha value is -1.12. The van der Waals surface area contributed by atoms with Gasteiger partial charge in [0.1, 0.15) is 0 Å². The highest BCUT2D eigenvalue weighted by Crippen LogP contribution is 2.15. The van der Waals surface area contributed by atoms with Crippen molar-refractivity contribution in [2.24, 2.45) is 0 Å². The highest BCUT2D eigenvalue weighted by atomic mass is 16.5. The number of unbranched alkanes of at least 4 members (excludes halogenated alkanes) is 21. The number of aldehydes is 1. The molecule has 0 saturated heterocycles. The minimum Gasteiger partial charge on any atom is -0.452 e. The van der Waals surface area contributed by atoms with Crippen LogP contribution in [-0.2, 0) is 14.3 Å². The molecule has 1 unspecified atom stereocenters. The van der Waals surface area contributed by atoms with Crippen molar-refractivity contribution in [1.29, 1.82) is 0 Å². The average Bonchev–Trinajstić information content (AvgIpc) is 2.81. The molecule has 1 atom stereocenters. The lowest BCUT2D eigenvalue weighted by Crippen LogP contribution is -2.18. The maximum Gasteiger partial charge on any atom is 0.330 e. The van der Waals surface area contributed by atoms with Gasteiger partial charge in [0.05, 0.1) is 0 Å². The lowest BCUT2D eigenvalue weighted by molar-refractivity contribution is -0.146. The summed E-state index contributed by atoms with van der Waals surface area (Å²) in [7, 11) is 0. The largest absolute Gasteiger partial charge is 0.452 e. The Kier molecular flexibility index (Phi) is 25.2. The molecule has 0 N–H and O–H groups in total. The summed E-state index contributed by atoms with van der Waals surface area (Å²) < 4.78 is 4.97. The van der Waals surface area contributed by atoms with Crippen molar-refractivity contribution in [1.82, 2.24) is 0 Å². The fraction of sp³-hybridized carbons (Fsp3) is 0.862. The van der Waals surface area contributed by atoms with E-state index < -0.39 is 12.1 Å². The van der Waals surface area contributed by atoms with Gasteiger partial charge < -0.3 is 4.74 Å². The van der Waals surface area contributed by atoms with Crippen LogP contribution >= 0.6 is 0 Å². The van der Waals surface area contributed by atoms with Gasteiger partial charge >= 0.3 is 5.97 Å². The fourth-order valence-electron chi connectivity index (χ4n) is 4.31. The van der Waals surface area contributed by atoms with Gasteiger partial charge in [-0.25, -0.2) is 4.79 Å². The first-order chi connectivity index (χ1) is 15.7. The molecule has 0 rings (SSSR count). The molecule has 0 aliphatic heterocycles. The van der Waals surface area contributed by atoms with Gasteiger partial charge in [-0.15, -0.1) is 0 Å². The lowest BCUT2D eigenvalue weighted by Gasteiger charge is -2.10. The third-order valence-electron chi connectivity index (χ3n) is 6.43. The topological polar surface area (TPSA) is 43.4 Å². The van der Waals surface area contributed by atoms with Crippen molar-refractivity contribution < 1.29 is 14.3 Å². The van der Waals surface area contributed by atoms with Gasteiger partial charge in [0.15, 0.2) is 12.4 Å². The second kappa shape index (κ2) is 26.1. The van der Waals surface area contributed by atoms with Crippen LogP contribution in [-0.4, -0.2) is 18.4 Å². The molecule has 3 heteroatoms. The molecular formula is C29H54O3. The number of rotatable bonds is 26. The Morgan fingerprint density at radius 2 is 0.938 bits per heavy atom. The van der Waals surface area contributed by atoms with Crippen LogP contribution in [0.4, 0.5) is 0 Å². The molecule has 188 valence electrons. The highest BCUT2D eigenvalue weighted by molar-refractivity contribution is 5.82. The van der Waals surface area contributed by atoms with Crippen LogP contribution in [0.2, 0.25) is 0 Å². The van der Waals surface area contributed by atoms with Crippen LogP contribution in [0.1, 0.15) is 155 Å². The Labute approximate surface area is 200 Å². The summed E-state index contributed by atoms with van der Waals surface area (Å²) in [4.78, 5) is 22.0. The van der Waals surface area contributed by atoms with Gasteiger partial charge in [-0.3, -0.25) is 4.79 Å². The average molecular weight is 451 g/mol. The van der Waals surface area contributed by atoms with E-state index in [2.05, 4.69) is 13.5 Å². The van der Waals surface area contributed by atoms with Gasteiger partial charge in [0, 0.05) is 6.08 Å². The number of hydrogen-bond acceptors (Lipinski definition) is 3. The van der Waals surface area contributed by atoms with Crippen LogP contribution in [0.5, 0.6) is 0 Å². The molecule has 3 nitrogen and oxygen atoms in total. The smallest absolute Gasteiger partial charge is 0.330 e. The summed E-state index contributed by atoms with van der Waals surface area (Å²) in [6.45, 7) is 5.64. The normalized spacial score (nSPS) is 11.9. The van der Waals surface area contributed by atoms with Crippen molar-refractivity contribution in [3.8, 4) is 0 Å². The molecule has 0 radical (unpaired) electrons. The molecule has 0 aliphatic carbocycles. The number of hydrogen-bond donors (Lipinski definition) is 0. The molecule has 0 heterocycles. The van der Waals surface area contributed by atoms with Crippen LogP contribution in [0.15, 0.2) is 12.7 Å². The number of carbonyl (C=O) groups is 2. The summed E-state index contributed by atoms with van der Waals surface area (Å²) in [5.74, 6) is -0.513. The van der Waals surface area contributed by atoms with E-state index in [0.717, 1.165) is 25.2 Å². The zero-order valence-corrected chi connectivity index (χ0v) is 21.4. The SMILES string of the molecule is C=CC(=O)OC(C=O)CCCCCCCCCCCCCCCCCCCCCCCC. The van der Waals surface area contributed by atoms with E-state index in [4.69, 9.17) is 4.74 Å². The Morgan fingerprint density at radius 3 is 1.22 bits per heavy atom. The summed E-state index contributed by atoms with van der Waals surface area (Å²) in [6, 6.07) is 0. The van der Waals surface area contributed by atoms with Gasteiger partial charge in [-0.2, -0.15) is 0 Å². The van der Waals surface area contributed by atoms with Crippen LogP contribution in [0.25, 0.3) is 0 Å². The predicted molar refractivity (Wildman–Crippen MR) is 138 cm³/mol. The quantitative estimate of drug-likeness (QED) is 0.0570. The van der Waals surface area contributed by atoms with Crippen molar-refractivity contribution in [3.63, 3.8) is 0 Å². The monoisotopic (exact) mass is 450 g/mol. The molecule has 0 spiro atoms. The zero-order valence-electron chi connectivity index (χ0n) is 21.4. The van der Waals surface area contributed by atoms with E-state index in [0.29, 0.717) is 6.42 Å². The Balaban J connectivity index is 3.17. The molecular weight excluding hydrogens is 396 g/mol. The first kappa shape index (κ1) is 30.9. The first-order valence-corrected chi connectivity index (χ1v) is 14.0. The van der Waals surface area contributed by atoms with Crippen LogP contribution in [0, 0.1) is 0 Å². The van der Waals surface area contributed by atoms with Crippen molar-refractivity contribution in [3.05, 3.63) is 12.7 Å². The summed E-state index contributed by atoms with van der Waals surface area (Å²) in [5.41, 5.74) is 0. The molecule has 0 fully saturated rings. The van der Waals surface area contributed by atoms with Crippen LogP contribution < -0.4 is 0 Å². The first-order valence-electron chi connectivity index (χ1n) is 14.0. The fourth-order valence-corrected chi connectivity index (χ4v) is 4.31. The predicted octanol–water partition coefficient (Wildman–Crippen LogP) is 9.28. The molecule has 0 aromatic heterocycles. The van der Waals surface area contributed by atoms with Crippen molar-refractivity contribution >= 4 is 12.3 Å². The van der Waals surface area contributed by atoms with E-state index in [1.807, 2.05) is 0 Å². The second-order valence-corrected chi connectivity index (χ2v) is 9.53. The summed E-state index contributed by atoms with van der Waals surface area (Å²) >= 11 is 0. The maximum absolute atomic E-state index is 11.1. The Morgan fingerprint density at radius 1 is 0.625 bits per heavy atom. The maximum atomic E-state index is 11.1. The van der Waals surface area contributed by atoms with E-state index in [1.165, 1.54) is 128 Å². The zero-order chi connectivity index (χ0) is 23.5. The number of ether oxygens (including phenoxy) is 1. The van der Waals surface area contributed by atoms with E-state index >= 15 is 0 Å². The molecule has 0 bridgehead atoms. The van der Waals surface area contributed by atoms with Gasteiger partial charge in [0.2, 0.25) is 0 Å². The minimum absolute atomic E-state index is 0.513. The molecule has 0 aromatic rings. The Bertz CT molecular complexity index is 419. The standard InChI is InChI=1S/C29H54O3/c1-3-5-6-7-8-9-10-11-12-13-14-15-16-17-18-19-20-21-22-23-24-25-26-28(27-30)32-29(31)4-2/h4,27-28H,2-3,5-26H2,1H3. The van der Waals surface area contributed by atoms with Crippen LogP contribution in [0.3, 0.4) is 0 Å². The van der Waals surface area contributed by atoms with Crippen molar-refractivity contribution in [2.75, 3.05) is 0 Å². The van der Waals surface area contributed by atoms with Gasteiger partial charge in [-0.05, 0) is 12.8 Å². The third-order valence-corrected chi connectivity index (χ3v) is 6.43. The molecule has 0 aliphatic rings. The second-order valence-electron chi connectivity index (χ2n) is 9.53. The third kappa shape index (κ3) is 23.5. The van der Waals surface area contributed by atoms with Gasteiger partial charge in [0.25, 0.3) is 0 Å². The molecule has 32 heavy (non-hydrogen) atoms. The summed E-state index contributed by atoms with van der Waals surface area (Å²) in [6.07, 6.45) is 31.9. The van der Waals surface area contributed by atoms with E-state index in [1.54, 1.807) is 0 Å². The highest BCUT2D eigenvalue weighted by Gasteiger charge is 2.10. The molecule has 0 saturated carbocycles. The van der Waals surface area contributed by atoms with Crippen molar-refractivity contribution in [2.45, 2.75) is 161 Å². The van der Waals surface area contributed by atoms with E-state index in [-0.39, 0.29) is 0 Å².